The third kappa shape index (κ3) is 3.55. The van der Waals surface area contributed by atoms with Crippen molar-refractivity contribution >= 4 is 29.2 Å². The first-order chi connectivity index (χ1) is 11.6. The van der Waals surface area contributed by atoms with Gasteiger partial charge in [0.05, 0.1) is 5.56 Å². The van der Waals surface area contributed by atoms with Gasteiger partial charge in [-0.15, -0.1) is 11.6 Å². The van der Waals surface area contributed by atoms with Gasteiger partial charge in [0.2, 0.25) is 5.82 Å². The molecule has 0 unspecified atom stereocenters. The summed E-state index contributed by atoms with van der Waals surface area (Å²) in [7, 11) is 0. The van der Waals surface area contributed by atoms with Gasteiger partial charge < -0.3 is 5.11 Å². The number of alkyl halides is 1. The highest BCUT2D eigenvalue weighted by molar-refractivity contribution is 6.32. The van der Waals surface area contributed by atoms with E-state index >= 15 is 0 Å². The number of benzene rings is 2. The van der Waals surface area contributed by atoms with Crippen LogP contribution in [0.5, 0.6) is 0 Å². The summed E-state index contributed by atoms with van der Waals surface area (Å²) in [6.45, 7) is 0. The highest BCUT2D eigenvalue weighted by Gasteiger charge is 2.29. The second kappa shape index (κ2) is 7.13. The molecule has 0 aliphatic carbocycles. The van der Waals surface area contributed by atoms with Crippen LogP contribution in [-0.4, -0.2) is 16.5 Å². The van der Waals surface area contributed by atoms with Crippen LogP contribution in [0.3, 0.4) is 0 Å². The Morgan fingerprint density at radius 3 is 1.92 bits per heavy atom. The van der Waals surface area contributed by atoms with Crippen molar-refractivity contribution in [1.82, 2.24) is 0 Å². The fraction of sp³-hybridized carbons (Fsp3) is 0.133. The number of carboxylic acid groups (broad SMARTS) is 1. The zero-order valence-electron chi connectivity index (χ0n) is 11.8. The van der Waals surface area contributed by atoms with Crippen molar-refractivity contribution in [3.05, 3.63) is 57.6 Å². The average Bonchev–Trinajstić information content (AvgIpc) is 2.54. The molecular formula is C15H6Cl2F6O2. The van der Waals surface area contributed by atoms with Crippen LogP contribution >= 0.6 is 23.2 Å². The quantitative estimate of drug-likeness (QED) is 0.335. The number of carbonyl (C=O) groups is 1. The predicted octanol–water partition coefficient (Wildman–Crippen LogP) is 5.08. The molecule has 0 radical (unpaired) electrons. The molecule has 1 atom stereocenters. The molecule has 0 heterocycles. The molecule has 0 spiro atoms. The Bertz CT molecular complexity index is 843. The van der Waals surface area contributed by atoms with E-state index in [1.165, 1.54) is 0 Å². The maximum atomic E-state index is 14.0. The first kappa shape index (κ1) is 19.4. The van der Waals surface area contributed by atoms with Crippen molar-refractivity contribution in [2.24, 2.45) is 0 Å². The molecule has 1 N–H and O–H groups in total. The number of carboxylic acids is 1. The maximum Gasteiger partial charge on any atom is 0.321 e. The molecule has 0 fully saturated rings. The lowest BCUT2D eigenvalue weighted by Gasteiger charge is -2.13. The van der Waals surface area contributed by atoms with Gasteiger partial charge in [-0.1, -0.05) is 11.6 Å². The lowest BCUT2D eigenvalue weighted by atomic mass is 9.98. The van der Waals surface area contributed by atoms with E-state index in [9.17, 15) is 31.1 Å². The second-order valence-electron chi connectivity index (χ2n) is 4.88. The summed E-state index contributed by atoms with van der Waals surface area (Å²) in [5.41, 5.74) is -2.61. The molecule has 2 rings (SSSR count). The summed E-state index contributed by atoms with van der Waals surface area (Å²) < 4.78 is 81.4. The minimum Gasteiger partial charge on any atom is -0.480 e. The smallest absolute Gasteiger partial charge is 0.321 e. The van der Waals surface area contributed by atoms with Crippen LogP contribution < -0.4 is 0 Å². The fourth-order valence-electron chi connectivity index (χ4n) is 2.06. The van der Waals surface area contributed by atoms with Crippen LogP contribution in [0, 0.1) is 34.9 Å². The standard InChI is InChI=1S/C15H6Cl2F6O2/c16-6-3-8(18)5(1-4(6)2-7(17)15(24)25)9-10(19)12(21)14(23)13(22)11(9)20/h1,3,7H,2H2,(H,24,25)/t7-/m1/s1. The molecule has 10 heteroatoms. The first-order valence-corrected chi connectivity index (χ1v) is 7.24. The number of aliphatic carboxylic acids is 1. The van der Waals surface area contributed by atoms with E-state index < -0.39 is 63.8 Å². The maximum absolute atomic E-state index is 14.0. The van der Waals surface area contributed by atoms with Gasteiger partial charge in [0.15, 0.2) is 23.3 Å². The van der Waals surface area contributed by atoms with E-state index in [0.717, 1.165) is 0 Å². The van der Waals surface area contributed by atoms with Crippen LogP contribution in [0.15, 0.2) is 12.1 Å². The summed E-state index contributed by atoms with van der Waals surface area (Å²) in [5.74, 6) is -14.2. The molecule has 0 aromatic heterocycles. The number of rotatable bonds is 4. The summed E-state index contributed by atoms with van der Waals surface area (Å²) >= 11 is 11.2. The van der Waals surface area contributed by atoms with Crippen molar-refractivity contribution < 1.29 is 36.2 Å². The van der Waals surface area contributed by atoms with Crippen molar-refractivity contribution in [3.63, 3.8) is 0 Å². The van der Waals surface area contributed by atoms with Gasteiger partial charge in [-0.25, -0.2) is 26.3 Å². The second-order valence-corrected chi connectivity index (χ2v) is 5.81. The van der Waals surface area contributed by atoms with Crippen molar-refractivity contribution in [2.45, 2.75) is 11.8 Å². The van der Waals surface area contributed by atoms with E-state index in [1.807, 2.05) is 0 Å². The molecular weight excluding hydrogens is 397 g/mol. The van der Waals surface area contributed by atoms with Gasteiger partial charge >= 0.3 is 5.97 Å². The van der Waals surface area contributed by atoms with Gasteiger partial charge in [0, 0.05) is 17.0 Å². The van der Waals surface area contributed by atoms with Gasteiger partial charge in [0.1, 0.15) is 11.2 Å². The Morgan fingerprint density at radius 1 is 0.960 bits per heavy atom. The van der Waals surface area contributed by atoms with Crippen molar-refractivity contribution in [2.75, 3.05) is 0 Å². The molecule has 0 saturated carbocycles. The molecule has 2 nitrogen and oxygen atoms in total. The number of hydrogen-bond donors (Lipinski definition) is 1. The van der Waals surface area contributed by atoms with Gasteiger partial charge in [-0.05, 0) is 17.7 Å². The largest absolute Gasteiger partial charge is 0.480 e. The average molecular weight is 403 g/mol. The molecule has 0 amide bonds. The highest BCUT2D eigenvalue weighted by Crippen LogP contribution is 2.35. The van der Waals surface area contributed by atoms with E-state index in [2.05, 4.69) is 0 Å². The van der Waals surface area contributed by atoms with Crippen LogP contribution in [0.1, 0.15) is 5.56 Å². The summed E-state index contributed by atoms with van der Waals surface area (Å²) in [5, 5.41) is 6.93. The molecule has 0 aliphatic rings. The minimum absolute atomic E-state index is 0.149. The first-order valence-electron chi connectivity index (χ1n) is 6.42. The van der Waals surface area contributed by atoms with E-state index in [0.29, 0.717) is 12.1 Å². The van der Waals surface area contributed by atoms with Gasteiger partial charge in [0.25, 0.3) is 0 Å². The Balaban J connectivity index is 2.71. The summed E-state index contributed by atoms with van der Waals surface area (Å²) in [4.78, 5) is 10.8. The normalized spacial score (nSPS) is 12.3. The third-order valence-electron chi connectivity index (χ3n) is 3.28. The lowest BCUT2D eigenvalue weighted by molar-refractivity contribution is -0.136. The zero-order valence-corrected chi connectivity index (χ0v) is 13.3. The highest BCUT2D eigenvalue weighted by atomic mass is 35.5. The Morgan fingerprint density at radius 2 is 1.44 bits per heavy atom. The van der Waals surface area contributed by atoms with Gasteiger partial charge in [-0.3, -0.25) is 4.79 Å². The lowest BCUT2D eigenvalue weighted by Crippen LogP contribution is -2.16. The molecule has 2 aromatic carbocycles. The molecule has 0 aliphatic heterocycles. The molecule has 2 aromatic rings. The SMILES string of the molecule is O=C(O)[C@H](Cl)Cc1cc(-c2c(F)c(F)c(F)c(F)c2F)c(F)cc1Cl. The van der Waals surface area contributed by atoms with Crippen LogP contribution in [0.25, 0.3) is 11.1 Å². The van der Waals surface area contributed by atoms with E-state index in [1.54, 1.807) is 0 Å². The van der Waals surface area contributed by atoms with Crippen LogP contribution in [0.2, 0.25) is 5.02 Å². The summed E-state index contributed by atoms with van der Waals surface area (Å²) in [6.07, 6.45) is -0.474. The Labute approximate surface area is 146 Å². The zero-order chi connectivity index (χ0) is 19.0. The molecule has 25 heavy (non-hydrogen) atoms. The molecule has 134 valence electrons. The van der Waals surface area contributed by atoms with Gasteiger partial charge in [-0.2, -0.15) is 0 Å². The third-order valence-corrected chi connectivity index (χ3v) is 3.98. The van der Waals surface area contributed by atoms with Crippen molar-refractivity contribution in [3.8, 4) is 11.1 Å². The fourth-order valence-corrected chi connectivity index (χ4v) is 2.46. The number of halogens is 8. The summed E-state index contributed by atoms with van der Waals surface area (Å²) in [6, 6.07) is 1.25. The Hall–Kier alpha value is -1.93. The minimum atomic E-state index is -2.39. The van der Waals surface area contributed by atoms with E-state index in [-0.39, 0.29) is 10.6 Å². The molecule has 0 bridgehead atoms. The number of hydrogen-bond acceptors (Lipinski definition) is 1. The van der Waals surface area contributed by atoms with Crippen molar-refractivity contribution in [1.29, 1.82) is 0 Å². The monoisotopic (exact) mass is 402 g/mol. The molecule has 0 saturated heterocycles. The van der Waals surface area contributed by atoms with Crippen LogP contribution in [0.4, 0.5) is 26.3 Å². The predicted molar refractivity (Wildman–Crippen MR) is 77.6 cm³/mol. The van der Waals surface area contributed by atoms with Crippen LogP contribution in [-0.2, 0) is 11.2 Å². The topological polar surface area (TPSA) is 37.3 Å². The van der Waals surface area contributed by atoms with E-state index in [4.69, 9.17) is 28.3 Å². The Kier molecular flexibility index (Phi) is 5.53.